The third-order valence-corrected chi connectivity index (χ3v) is 2.83. The molecule has 0 aromatic heterocycles. The zero-order valence-corrected chi connectivity index (χ0v) is 12.2. The van der Waals surface area contributed by atoms with E-state index in [0.29, 0.717) is 6.42 Å². The Kier molecular flexibility index (Phi) is 5.19. The van der Waals surface area contributed by atoms with Crippen molar-refractivity contribution >= 4 is 16.7 Å². The molecule has 0 bridgehead atoms. The summed E-state index contributed by atoms with van der Waals surface area (Å²) < 4.78 is 0. The van der Waals surface area contributed by atoms with E-state index >= 15 is 0 Å². The van der Waals surface area contributed by atoms with Crippen LogP contribution in [0.25, 0.3) is 10.8 Å². The van der Waals surface area contributed by atoms with Gasteiger partial charge in [0.15, 0.2) is 0 Å². The van der Waals surface area contributed by atoms with Crippen molar-refractivity contribution in [1.29, 1.82) is 0 Å². The van der Waals surface area contributed by atoms with Crippen molar-refractivity contribution in [2.45, 2.75) is 19.8 Å². The summed E-state index contributed by atoms with van der Waals surface area (Å²) in [5, 5.41) is 12.8. The molecule has 2 aromatic rings. The van der Waals surface area contributed by atoms with Gasteiger partial charge < -0.3 is 9.90 Å². The molecule has 0 N–H and O–H groups in total. The van der Waals surface area contributed by atoms with Crippen LogP contribution in [0.5, 0.6) is 0 Å². The molecule has 82 valence electrons. The number of rotatable bonds is 3. The molecule has 0 aliphatic carbocycles. The number of aliphatic carboxylic acids is 1. The molecule has 0 spiro atoms. The van der Waals surface area contributed by atoms with Gasteiger partial charge in [-0.05, 0) is 41.7 Å². The van der Waals surface area contributed by atoms with Crippen LogP contribution in [0, 0.1) is 6.92 Å². The fraction of sp³-hybridized carbons (Fsp3) is 0.214. The number of hydrogen-bond donors (Lipinski definition) is 0. The quantitative estimate of drug-likeness (QED) is 0.630. The van der Waals surface area contributed by atoms with Crippen molar-refractivity contribution in [2.24, 2.45) is 0 Å². The summed E-state index contributed by atoms with van der Waals surface area (Å²) in [6.45, 7) is 2.06. The number of fused-ring (bicyclic) bond motifs is 1. The summed E-state index contributed by atoms with van der Waals surface area (Å²) in [5.41, 5.74) is 2.29. The topological polar surface area (TPSA) is 40.1 Å². The minimum atomic E-state index is -0.996. The summed E-state index contributed by atoms with van der Waals surface area (Å²) in [6.07, 6.45) is 0.607. The molecule has 17 heavy (non-hydrogen) atoms. The second kappa shape index (κ2) is 6.20. The molecule has 0 aliphatic heterocycles. The Labute approximate surface area is 123 Å². The third kappa shape index (κ3) is 3.32. The molecule has 0 fully saturated rings. The molecule has 0 saturated carbocycles. The molecule has 0 amide bonds. The second-order valence-electron chi connectivity index (χ2n) is 3.96. The molecule has 2 nitrogen and oxygen atoms in total. The van der Waals surface area contributed by atoms with E-state index in [-0.39, 0.29) is 36.0 Å². The maximum absolute atomic E-state index is 10.5. The number of carboxylic acids is 1. The average Bonchev–Trinajstić information content (AvgIpc) is 2.28. The maximum Gasteiger partial charge on any atom is 1.00 e. The smallest absolute Gasteiger partial charge is 0.550 e. The molecule has 0 heterocycles. The van der Waals surface area contributed by atoms with Gasteiger partial charge in [0.05, 0.1) is 0 Å². The minimum absolute atomic E-state index is 0. The molecule has 0 atom stereocenters. The Morgan fingerprint density at radius 2 is 1.76 bits per heavy atom. The van der Waals surface area contributed by atoms with Crippen LogP contribution in [0.4, 0.5) is 0 Å². The van der Waals surface area contributed by atoms with Crippen molar-refractivity contribution in [1.82, 2.24) is 0 Å². The van der Waals surface area contributed by atoms with Crippen LogP contribution in [0.1, 0.15) is 17.5 Å². The van der Waals surface area contributed by atoms with Crippen LogP contribution in [0.15, 0.2) is 36.4 Å². The van der Waals surface area contributed by atoms with Gasteiger partial charge in [0.2, 0.25) is 0 Å². The van der Waals surface area contributed by atoms with Gasteiger partial charge in [-0.25, -0.2) is 0 Å². The van der Waals surface area contributed by atoms with Gasteiger partial charge in [0.25, 0.3) is 0 Å². The van der Waals surface area contributed by atoms with Crippen molar-refractivity contribution in [3.05, 3.63) is 47.5 Å². The van der Waals surface area contributed by atoms with Gasteiger partial charge in [-0.15, -0.1) is 0 Å². The fourth-order valence-corrected chi connectivity index (χ4v) is 1.97. The van der Waals surface area contributed by atoms with Crippen molar-refractivity contribution in [2.75, 3.05) is 0 Å². The van der Waals surface area contributed by atoms with Crippen LogP contribution >= 0.6 is 0 Å². The molecule has 0 aliphatic rings. The van der Waals surface area contributed by atoms with E-state index in [1.54, 1.807) is 0 Å². The Hall–Kier alpha value is -0.830. The predicted octanol–water partition coefficient (Wildman–Crippen LogP) is -1.17. The first-order valence-electron chi connectivity index (χ1n) is 5.35. The van der Waals surface area contributed by atoms with Crippen LogP contribution in [0.2, 0.25) is 0 Å². The molecular formula is C14H13NaO2. The van der Waals surface area contributed by atoms with Crippen molar-refractivity contribution in [3.8, 4) is 0 Å². The van der Waals surface area contributed by atoms with Crippen LogP contribution in [-0.4, -0.2) is 5.97 Å². The predicted molar refractivity (Wildman–Crippen MR) is 62.0 cm³/mol. The van der Waals surface area contributed by atoms with Crippen LogP contribution in [-0.2, 0) is 11.2 Å². The maximum atomic E-state index is 10.5. The number of carboxylic acid groups (broad SMARTS) is 1. The minimum Gasteiger partial charge on any atom is -0.550 e. The first-order valence-corrected chi connectivity index (χ1v) is 5.35. The molecule has 0 unspecified atom stereocenters. The summed E-state index contributed by atoms with van der Waals surface area (Å²) in [4.78, 5) is 10.5. The number of benzene rings is 2. The Morgan fingerprint density at radius 3 is 2.41 bits per heavy atom. The van der Waals surface area contributed by atoms with Crippen molar-refractivity contribution in [3.63, 3.8) is 0 Å². The molecular weight excluding hydrogens is 223 g/mol. The van der Waals surface area contributed by atoms with Gasteiger partial charge in [0, 0.05) is 5.97 Å². The number of hydrogen-bond acceptors (Lipinski definition) is 2. The molecule has 0 saturated heterocycles. The summed E-state index contributed by atoms with van der Waals surface area (Å²) in [7, 11) is 0. The Bertz CT molecular complexity index is 535. The van der Waals surface area contributed by atoms with Gasteiger partial charge in [-0.1, -0.05) is 36.4 Å². The van der Waals surface area contributed by atoms with E-state index in [0.717, 1.165) is 10.9 Å². The van der Waals surface area contributed by atoms with E-state index in [9.17, 15) is 9.90 Å². The summed E-state index contributed by atoms with van der Waals surface area (Å²) in [6, 6.07) is 12.1. The van der Waals surface area contributed by atoms with E-state index in [2.05, 4.69) is 13.0 Å². The first kappa shape index (κ1) is 14.2. The van der Waals surface area contributed by atoms with Gasteiger partial charge in [0.1, 0.15) is 0 Å². The third-order valence-electron chi connectivity index (χ3n) is 2.83. The molecule has 0 radical (unpaired) electrons. The molecule has 2 aromatic carbocycles. The number of carbonyl (C=O) groups excluding carboxylic acids is 1. The van der Waals surface area contributed by atoms with E-state index < -0.39 is 5.97 Å². The van der Waals surface area contributed by atoms with E-state index in [1.807, 2.05) is 30.3 Å². The van der Waals surface area contributed by atoms with E-state index in [4.69, 9.17) is 0 Å². The largest absolute Gasteiger partial charge is 1.00 e. The van der Waals surface area contributed by atoms with Crippen LogP contribution < -0.4 is 34.7 Å². The Balaban J connectivity index is 0.00000144. The van der Waals surface area contributed by atoms with Gasteiger partial charge in [-0.3, -0.25) is 0 Å². The van der Waals surface area contributed by atoms with Gasteiger partial charge >= 0.3 is 29.6 Å². The first-order chi connectivity index (χ1) is 7.68. The zero-order valence-electron chi connectivity index (χ0n) is 10.2. The molecule has 3 heteroatoms. The molecule has 2 rings (SSSR count). The standard InChI is InChI=1S/C14H14O2.Na/c1-10-6-7-11(8-9-14(15)16)13-5-3-2-4-12(10)13;/h2-7H,8-9H2,1H3,(H,15,16);/q;+1/p-1. The fourth-order valence-electron chi connectivity index (χ4n) is 1.97. The van der Waals surface area contributed by atoms with Gasteiger partial charge in [-0.2, -0.15) is 0 Å². The van der Waals surface area contributed by atoms with Crippen molar-refractivity contribution < 1.29 is 39.5 Å². The summed E-state index contributed by atoms with van der Waals surface area (Å²) in [5.74, 6) is -0.996. The monoisotopic (exact) mass is 236 g/mol. The summed E-state index contributed by atoms with van der Waals surface area (Å²) >= 11 is 0. The zero-order chi connectivity index (χ0) is 11.5. The van der Waals surface area contributed by atoms with E-state index in [1.165, 1.54) is 10.9 Å². The Morgan fingerprint density at radius 1 is 1.12 bits per heavy atom. The number of aryl methyl sites for hydroxylation is 2. The number of carbonyl (C=O) groups is 1. The average molecular weight is 236 g/mol. The van der Waals surface area contributed by atoms with Crippen LogP contribution in [0.3, 0.4) is 0 Å². The SMILES string of the molecule is Cc1ccc(CCC(=O)[O-])c2ccccc12.[Na+]. The second-order valence-corrected chi connectivity index (χ2v) is 3.96. The normalized spacial score (nSPS) is 9.94.